The fraction of sp³-hybridized carbons (Fsp3) is 0.385. The first-order chi connectivity index (χ1) is 8.69. The monoisotopic (exact) mass is 249 g/mol. The second-order valence-electron chi connectivity index (χ2n) is 4.21. The molecule has 5 heteroatoms. The normalized spacial score (nSPS) is 10.6. The molecule has 0 saturated carbocycles. The van der Waals surface area contributed by atoms with Crippen molar-refractivity contribution in [3.8, 4) is 0 Å². The van der Waals surface area contributed by atoms with Crippen molar-refractivity contribution in [1.82, 2.24) is 10.2 Å². The lowest BCUT2D eigenvalue weighted by molar-refractivity contribution is 0.485. The van der Waals surface area contributed by atoms with Gasteiger partial charge in [0.05, 0.1) is 0 Å². The molecule has 0 aliphatic rings. The Balaban J connectivity index is 2.02. The maximum Gasteiger partial charge on any atom is 0.318 e. The fourth-order valence-electron chi connectivity index (χ4n) is 1.65. The summed E-state index contributed by atoms with van der Waals surface area (Å²) in [6.07, 6.45) is 1.76. The van der Waals surface area contributed by atoms with Gasteiger partial charge in [0.2, 0.25) is 5.89 Å². The number of anilines is 1. The molecule has 4 nitrogen and oxygen atoms in total. The molecule has 1 aromatic heterocycles. The van der Waals surface area contributed by atoms with Gasteiger partial charge in [-0.1, -0.05) is 24.2 Å². The third kappa shape index (κ3) is 3.06. The lowest BCUT2D eigenvalue weighted by Crippen LogP contribution is -2.16. The third-order valence-electron chi connectivity index (χ3n) is 2.58. The number of nitrogens with zero attached hydrogens (tertiary/aromatic N) is 3. The largest absolute Gasteiger partial charge is 0.408 e. The van der Waals surface area contributed by atoms with Crippen LogP contribution in [0, 0.1) is 5.82 Å². The van der Waals surface area contributed by atoms with Gasteiger partial charge in [-0.05, 0) is 24.1 Å². The third-order valence-corrected chi connectivity index (χ3v) is 2.58. The van der Waals surface area contributed by atoms with Gasteiger partial charge in [-0.15, -0.1) is 5.10 Å². The molecule has 0 atom stereocenters. The van der Waals surface area contributed by atoms with E-state index in [9.17, 15) is 4.39 Å². The van der Waals surface area contributed by atoms with E-state index in [1.807, 2.05) is 11.9 Å². The second kappa shape index (κ2) is 5.62. The topological polar surface area (TPSA) is 42.2 Å². The first-order valence-electron chi connectivity index (χ1n) is 5.97. The van der Waals surface area contributed by atoms with Crippen LogP contribution in [0.2, 0.25) is 0 Å². The van der Waals surface area contributed by atoms with Gasteiger partial charge in [0.15, 0.2) is 0 Å². The highest BCUT2D eigenvalue weighted by molar-refractivity contribution is 5.27. The zero-order chi connectivity index (χ0) is 13.0. The number of hydrogen-bond donors (Lipinski definition) is 0. The van der Waals surface area contributed by atoms with Gasteiger partial charge in [-0.3, -0.25) is 0 Å². The molecule has 0 bridgehead atoms. The van der Waals surface area contributed by atoms with Crippen LogP contribution in [-0.4, -0.2) is 17.2 Å². The Morgan fingerprint density at radius 1 is 1.22 bits per heavy atom. The van der Waals surface area contributed by atoms with Crippen molar-refractivity contribution in [3.05, 3.63) is 41.5 Å². The standard InChI is InChI=1S/C13H16FN3O/c1-3-4-12-15-16-13(18-12)17(2)9-10-5-7-11(14)8-6-10/h5-8H,3-4,9H2,1-2H3. The summed E-state index contributed by atoms with van der Waals surface area (Å²) in [5, 5.41) is 7.95. The van der Waals surface area contributed by atoms with Gasteiger partial charge in [0, 0.05) is 20.0 Å². The highest BCUT2D eigenvalue weighted by Gasteiger charge is 2.10. The van der Waals surface area contributed by atoms with Crippen LogP contribution < -0.4 is 4.90 Å². The fourth-order valence-corrected chi connectivity index (χ4v) is 1.65. The molecule has 96 valence electrons. The summed E-state index contributed by atoms with van der Waals surface area (Å²) in [6.45, 7) is 2.67. The first kappa shape index (κ1) is 12.5. The smallest absolute Gasteiger partial charge is 0.318 e. The maximum absolute atomic E-state index is 12.8. The second-order valence-corrected chi connectivity index (χ2v) is 4.21. The predicted octanol–water partition coefficient (Wildman–Crippen LogP) is 2.80. The van der Waals surface area contributed by atoms with Gasteiger partial charge in [-0.25, -0.2) is 4.39 Å². The van der Waals surface area contributed by atoms with Crippen LogP contribution in [0.15, 0.2) is 28.7 Å². The number of hydrogen-bond acceptors (Lipinski definition) is 4. The predicted molar refractivity (Wildman–Crippen MR) is 66.8 cm³/mol. The molecule has 0 N–H and O–H groups in total. The quantitative estimate of drug-likeness (QED) is 0.817. The van der Waals surface area contributed by atoms with Crippen LogP contribution in [0.1, 0.15) is 24.8 Å². The lowest BCUT2D eigenvalue weighted by Gasteiger charge is -2.13. The summed E-state index contributed by atoms with van der Waals surface area (Å²) in [5.74, 6) is 0.419. The van der Waals surface area contributed by atoms with Crippen LogP contribution in [-0.2, 0) is 13.0 Å². The minimum atomic E-state index is -0.232. The van der Waals surface area contributed by atoms with E-state index in [0.29, 0.717) is 18.5 Å². The van der Waals surface area contributed by atoms with E-state index in [1.54, 1.807) is 12.1 Å². The molecule has 0 spiro atoms. The van der Waals surface area contributed by atoms with Crippen molar-refractivity contribution >= 4 is 6.01 Å². The molecule has 0 unspecified atom stereocenters. The molecule has 0 aliphatic carbocycles. The van der Waals surface area contributed by atoms with Crippen LogP contribution in [0.5, 0.6) is 0 Å². The van der Waals surface area contributed by atoms with Crippen molar-refractivity contribution in [1.29, 1.82) is 0 Å². The summed E-state index contributed by atoms with van der Waals surface area (Å²) >= 11 is 0. The molecule has 1 heterocycles. The Labute approximate surface area is 105 Å². The van der Waals surface area contributed by atoms with Gasteiger partial charge in [0.1, 0.15) is 5.82 Å². The number of benzene rings is 1. The number of rotatable bonds is 5. The van der Waals surface area contributed by atoms with E-state index in [2.05, 4.69) is 17.1 Å². The summed E-state index contributed by atoms with van der Waals surface area (Å²) in [6, 6.07) is 6.87. The Kier molecular flexibility index (Phi) is 3.92. The molecule has 0 aliphatic heterocycles. The Morgan fingerprint density at radius 3 is 2.61 bits per heavy atom. The van der Waals surface area contributed by atoms with Crippen LogP contribution in [0.4, 0.5) is 10.4 Å². The molecule has 0 amide bonds. The van der Waals surface area contributed by atoms with Crippen LogP contribution in [0.3, 0.4) is 0 Å². The van der Waals surface area contributed by atoms with Crippen LogP contribution in [0.25, 0.3) is 0 Å². The minimum Gasteiger partial charge on any atom is -0.408 e. The molecule has 2 rings (SSSR count). The molecular weight excluding hydrogens is 233 g/mol. The molecule has 0 fully saturated rings. The van der Waals surface area contributed by atoms with Crippen LogP contribution >= 0.6 is 0 Å². The van der Waals surface area contributed by atoms with Gasteiger partial charge in [-0.2, -0.15) is 0 Å². The summed E-state index contributed by atoms with van der Waals surface area (Å²) in [5.41, 5.74) is 0.995. The summed E-state index contributed by atoms with van der Waals surface area (Å²) in [7, 11) is 1.87. The lowest BCUT2D eigenvalue weighted by atomic mass is 10.2. The molecule has 18 heavy (non-hydrogen) atoms. The Bertz CT molecular complexity index is 495. The van der Waals surface area contributed by atoms with E-state index in [-0.39, 0.29) is 5.82 Å². The van der Waals surface area contributed by atoms with Crippen molar-refractivity contribution in [3.63, 3.8) is 0 Å². The van der Waals surface area contributed by atoms with Crippen molar-refractivity contribution < 1.29 is 8.81 Å². The van der Waals surface area contributed by atoms with Crippen molar-refractivity contribution in [2.45, 2.75) is 26.3 Å². The number of aromatic nitrogens is 2. The Morgan fingerprint density at radius 2 is 1.94 bits per heavy atom. The van der Waals surface area contributed by atoms with Gasteiger partial charge in [0.25, 0.3) is 0 Å². The highest BCUT2D eigenvalue weighted by atomic mass is 19.1. The van der Waals surface area contributed by atoms with E-state index < -0.39 is 0 Å². The van der Waals surface area contributed by atoms with Gasteiger partial charge >= 0.3 is 6.01 Å². The maximum atomic E-state index is 12.8. The zero-order valence-corrected chi connectivity index (χ0v) is 10.6. The van der Waals surface area contributed by atoms with Crippen molar-refractivity contribution in [2.75, 3.05) is 11.9 Å². The average Bonchev–Trinajstić information content (AvgIpc) is 2.81. The molecule has 2 aromatic rings. The summed E-state index contributed by atoms with van der Waals surface area (Å²) < 4.78 is 18.3. The minimum absolute atomic E-state index is 0.232. The number of halogens is 1. The van der Waals surface area contributed by atoms with Gasteiger partial charge < -0.3 is 9.32 Å². The van der Waals surface area contributed by atoms with E-state index in [4.69, 9.17) is 4.42 Å². The average molecular weight is 249 g/mol. The summed E-state index contributed by atoms with van der Waals surface area (Å²) in [4.78, 5) is 1.85. The zero-order valence-electron chi connectivity index (χ0n) is 10.6. The highest BCUT2D eigenvalue weighted by Crippen LogP contribution is 2.14. The molecule has 0 saturated heterocycles. The number of aryl methyl sites for hydroxylation is 1. The Hall–Kier alpha value is -1.91. The van der Waals surface area contributed by atoms with E-state index >= 15 is 0 Å². The first-order valence-corrected chi connectivity index (χ1v) is 5.97. The SMILES string of the molecule is CCCc1nnc(N(C)Cc2ccc(F)cc2)o1. The molecule has 0 radical (unpaired) electrons. The molecular formula is C13H16FN3O. The van der Waals surface area contributed by atoms with E-state index in [0.717, 1.165) is 18.4 Å². The molecule has 1 aromatic carbocycles. The van der Waals surface area contributed by atoms with Crippen molar-refractivity contribution in [2.24, 2.45) is 0 Å². The van der Waals surface area contributed by atoms with E-state index in [1.165, 1.54) is 12.1 Å².